The molecule has 2 rings (SSSR count). The van der Waals surface area contributed by atoms with Crippen molar-refractivity contribution in [2.45, 2.75) is 13.3 Å². The van der Waals surface area contributed by atoms with E-state index in [-0.39, 0.29) is 22.8 Å². The summed E-state index contributed by atoms with van der Waals surface area (Å²) in [5, 5.41) is 0.267. The van der Waals surface area contributed by atoms with Crippen molar-refractivity contribution in [1.29, 1.82) is 0 Å². The van der Waals surface area contributed by atoms with E-state index in [1.807, 2.05) is 6.92 Å². The summed E-state index contributed by atoms with van der Waals surface area (Å²) in [5.74, 6) is 0.0734. The lowest BCUT2D eigenvalue weighted by molar-refractivity contribution is 0.0991. The van der Waals surface area contributed by atoms with Crippen LogP contribution >= 0.6 is 11.6 Å². The summed E-state index contributed by atoms with van der Waals surface area (Å²) < 4.78 is 18.8. The van der Waals surface area contributed by atoms with E-state index in [0.29, 0.717) is 11.3 Å². The SMILES string of the molecule is COc1ccc(C(=O)Cc2c(F)cccc2Cl)cc1C. The average Bonchev–Trinajstić information content (AvgIpc) is 2.42. The number of ketones is 1. The van der Waals surface area contributed by atoms with Gasteiger partial charge in [0.15, 0.2) is 5.78 Å². The maximum absolute atomic E-state index is 13.7. The van der Waals surface area contributed by atoms with Gasteiger partial charge in [-0.25, -0.2) is 4.39 Å². The molecule has 0 spiro atoms. The molecule has 2 aromatic carbocycles. The minimum absolute atomic E-state index is 0.0583. The lowest BCUT2D eigenvalue weighted by atomic mass is 10.0. The van der Waals surface area contributed by atoms with Crippen LogP contribution in [0.1, 0.15) is 21.5 Å². The number of carbonyl (C=O) groups is 1. The molecule has 4 heteroatoms. The molecular weight excluding hydrogens is 279 g/mol. The highest BCUT2D eigenvalue weighted by Gasteiger charge is 2.14. The van der Waals surface area contributed by atoms with Crippen LogP contribution < -0.4 is 4.74 Å². The van der Waals surface area contributed by atoms with Crippen molar-refractivity contribution >= 4 is 17.4 Å². The first-order valence-electron chi connectivity index (χ1n) is 6.13. The highest BCUT2D eigenvalue weighted by Crippen LogP contribution is 2.23. The van der Waals surface area contributed by atoms with Crippen LogP contribution in [0.3, 0.4) is 0 Å². The van der Waals surface area contributed by atoms with E-state index in [0.717, 1.165) is 5.56 Å². The standard InChI is InChI=1S/C16H14ClFO2/c1-10-8-11(6-7-16(10)20-2)15(19)9-12-13(17)4-3-5-14(12)18/h3-8H,9H2,1-2H3. The quantitative estimate of drug-likeness (QED) is 0.789. The van der Waals surface area contributed by atoms with Crippen LogP contribution in [0.15, 0.2) is 36.4 Å². The van der Waals surface area contributed by atoms with Crippen molar-refractivity contribution in [3.05, 3.63) is 63.9 Å². The second kappa shape index (κ2) is 6.06. The fourth-order valence-corrected chi connectivity index (χ4v) is 2.25. The zero-order chi connectivity index (χ0) is 14.7. The van der Waals surface area contributed by atoms with Crippen molar-refractivity contribution in [3.63, 3.8) is 0 Å². The van der Waals surface area contributed by atoms with Crippen LogP contribution in [0.5, 0.6) is 5.75 Å². The molecule has 2 nitrogen and oxygen atoms in total. The molecule has 104 valence electrons. The third-order valence-electron chi connectivity index (χ3n) is 3.12. The maximum atomic E-state index is 13.7. The molecular formula is C16H14ClFO2. The Morgan fingerprint density at radius 2 is 2.05 bits per heavy atom. The number of rotatable bonds is 4. The molecule has 0 heterocycles. The van der Waals surface area contributed by atoms with E-state index in [9.17, 15) is 9.18 Å². The van der Waals surface area contributed by atoms with Gasteiger partial charge in [-0.1, -0.05) is 17.7 Å². The number of ether oxygens (including phenoxy) is 1. The molecule has 2 aromatic rings. The largest absolute Gasteiger partial charge is 0.496 e. The molecule has 0 bridgehead atoms. The van der Waals surface area contributed by atoms with Crippen LogP contribution in [0.4, 0.5) is 4.39 Å². The highest BCUT2D eigenvalue weighted by atomic mass is 35.5. The monoisotopic (exact) mass is 292 g/mol. The molecule has 20 heavy (non-hydrogen) atoms. The van der Waals surface area contributed by atoms with Gasteiger partial charge in [-0.3, -0.25) is 4.79 Å². The fraction of sp³-hybridized carbons (Fsp3) is 0.188. The third-order valence-corrected chi connectivity index (χ3v) is 3.47. The summed E-state index contributed by atoms with van der Waals surface area (Å²) >= 11 is 5.93. The van der Waals surface area contributed by atoms with Crippen molar-refractivity contribution in [3.8, 4) is 5.75 Å². The lowest BCUT2D eigenvalue weighted by Crippen LogP contribution is -2.06. The highest BCUT2D eigenvalue weighted by molar-refractivity contribution is 6.31. The molecule has 0 radical (unpaired) electrons. The second-order valence-electron chi connectivity index (χ2n) is 4.48. The minimum Gasteiger partial charge on any atom is -0.496 e. The Kier molecular flexibility index (Phi) is 4.40. The predicted octanol–water partition coefficient (Wildman–Crippen LogP) is 4.22. The molecule has 0 saturated heterocycles. The normalized spacial score (nSPS) is 10.4. The van der Waals surface area contributed by atoms with Crippen molar-refractivity contribution in [2.75, 3.05) is 7.11 Å². The van der Waals surface area contributed by atoms with Crippen molar-refractivity contribution in [2.24, 2.45) is 0 Å². The van der Waals surface area contributed by atoms with E-state index in [1.165, 1.54) is 12.1 Å². The van der Waals surface area contributed by atoms with Gasteiger partial charge in [0.1, 0.15) is 11.6 Å². The summed E-state index contributed by atoms with van der Waals surface area (Å²) in [7, 11) is 1.57. The van der Waals surface area contributed by atoms with Gasteiger partial charge in [0.25, 0.3) is 0 Å². The summed E-state index contributed by atoms with van der Waals surface area (Å²) in [4.78, 5) is 12.2. The summed E-state index contributed by atoms with van der Waals surface area (Å²) in [6.07, 6.45) is -0.0583. The minimum atomic E-state index is -0.462. The summed E-state index contributed by atoms with van der Waals surface area (Å²) in [6.45, 7) is 1.85. The van der Waals surface area contributed by atoms with Gasteiger partial charge in [0.2, 0.25) is 0 Å². The van der Waals surface area contributed by atoms with Gasteiger partial charge in [-0.2, -0.15) is 0 Å². The Labute approximate surface area is 122 Å². The maximum Gasteiger partial charge on any atom is 0.167 e. The van der Waals surface area contributed by atoms with Crippen LogP contribution in [0.25, 0.3) is 0 Å². The van der Waals surface area contributed by atoms with E-state index in [4.69, 9.17) is 16.3 Å². The summed E-state index contributed by atoms with van der Waals surface area (Å²) in [6, 6.07) is 9.52. The van der Waals surface area contributed by atoms with Gasteiger partial charge >= 0.3 is 0 Å². The molecule has 0 aliphatic carbocycles. The van der Waals surface area contributed by atoms with Crippen LogP contribution in [0, 0.1) is 12.7 Å². The summed E-state index contributed by atoms with van der Waals surface area (Å²) in [5.41, 5.74) is 1.60. The Balaban J connectivity index is 2.26. The molecule has 0 aromatic heterocycles. The number of benzene rings is 2. The van der Waals surface area contributed by atoms with Crippen LogP contribution in [-0.2, 0) is 6.42 Å². The first kappa shape index (κ1) is 14.5. The zero-order valence-corrected chi connectivity index (χ0v) is 12.0. The Hall–Kier alpha value is -1.87. The molecule has 0 saturated carbocycles. The van der Waals surface area contributed by atoms with Gasteiger partial charge in [-0.15, -0.1) is 0 Å². The Morgan fingerprint density at radius 3 is 2.65 bits per heavy atom. The number of hydrogen-bond donors (Lipinski definition) is 0. The molecule has 0 fully saturated rings. The predicted molar refractivity (Wildman–Crippen MR) is 77.2 cm³/mol. The topological polar surface area (TPSA) is 26.3 Å². The van der Waals surface area contributed by atoms with Gasteiger partial charge in [0.05, 0.1) is 7.11 Å². The molecule has 0 N–H and O–H groups in total. The molecule has 0 amide bonds. The third kappa shape index (κ3) is 2.99. The van der Waals surface area contributed by atoms with E-state index < -0.39 is 5.82 Å². The number of halogens is 2. The molecule has 0 aliphatic heterocycles. The van der Waals surface area contributed by atoms with Crippen molar-refractivity contribution in [1.82, 2.24) is 0 Å². The number of aryl methyl sites for hydroxylation is 1. The van der Waals surface area contributed by atoms with Crippen molar-refractivity contribution < 1.29 is 13.9 Å². The fourth-order valence-electron chi connectivity index (χ4n) is 2.02. The second-order valence-corrected chi connectivity index (χ2v) is 4.89. The number of carbonyl (C=O) groups excluding carboxylic acids is 1. The first-order valence-corrected chi connectivity index (χ1v) is 6.51. The number of hydrogen-bond acceptors (Lipinski definition) is 2. The lowest BCUT2D eigenvalue weighted by Gasteiger charge is -2.08. The molecule has 0 unspecified atom stereocenters. The van der Waals surface area contributed by atoms with Gasteiger partial charge < -0.3 is 4.74 Å². The average molecular weight is 293 g/mol. The zero-order valence-electron chi connectivity index (χ0n) is 11.2. The Morgan fingerprint density at radius 1 is 1.30 bits per heavy atom. The van der Waals surface area contributed by atoms with Crippen LogP contribution in [0.2, 0.25) is 5.02 Å². The van der Waals surface area contributed by atoms with E-state index in [2.05, 4.69) is 0 Å². The molecule has 0 aliphatic rings. The first-order chi connectivity index (χ1) is 9.52. The number of Topliss-reactive ketones (excluding diaryl/α,β-unsaturated/α-hetero) is 1. The van der Waals surface area contributed by atoms with Gasteiger partial charge in [-0.05, 0) is 42.8 Å². The Bertz CT molecular complexity index is 633. The van der Waals surface area contributed by atoms with E-state index >= 15 is 0 Å². The van der Waals surface area contributed by atoms with Crippen LogP contribution in [-0.4, -0.2) is 12.9 Å². The molecule has 0 atom stereocenters. The van der Waals surface area contributed by atoms with Gasteiger partial charge in [0, 0.05) is 22.6 Å². The smallest absolute Gasteiger partial charge is 0.167 e. The number of methoxy groups -OCH3 is 1. The van der Waals surface area contributed by atoms with E-state index in [1.54, 1.807) is 31.4 Å².